The van der Waals surface area contributed by atoms with Gasteiger partial charge in [0.1, 0.15) is 11.5 Å². The molecule has 1 N–H and O–H groups in total. The summed E-state index contributed by atoms with van der Waals surface area (Å²) in [6.07, 6.45) is -1.91. The van der Waals surface area contributed by atoms with E-state index in [9.17, 15) is 22.8 Å². The largest absolute Gasteiger partial charge is 0.433 e. The average molecular weight is 428 g/mol. The Morgan fingerprint density at radius 1 is 1.17 bits per heavy atom. The number of hydrogen-bond donors (Lipinski definition) is 1. The van der Waals surface area contributed by atoms with E-state index in [0.29, 0.717) is 18.9 Å². The van der Waals surface area contributed by atoms with Crippen LogP contribution >= 0.6 is 11.8 Å². The number of aromatic amines is 1. The van der Waals surface area contributed by atoms with Gasteiger partial charge in [0, 0.05) is 19.3 Å². The maximum atomic E-state index is 12.8. The van der Waals surface area contributed by atoms with Gasteiger partial charge in [-0.25, -0.2) is 19.7 Å². The van der Waals surface area contributed by atoms with Gasteiger partial charge in [0.15, 0.2) is 16.3 Å². The van der Waals surface area contributed by atoms with Crippen molar-refractivity contribution in [3.8, 4) is 0 Å². The third-order valence-electron chi connectivity index (χ3n) is 4.27. The van der Waals surface area contributed by atoms with Gasteiger partial charge >= 0.3 is 11.9 Å². The summed E-state index contributed by atoms with van der Waals surface area (Å²) >= 11 is 0.977. The molecule has 0 aliphatic carbocycles. The van der Waals surface area contributed by atoms with Crippen LogP contribution in [-0.4, -0.2) is 29.1 Å². The molecule has 12 heteroatoms. The van der Waals surface area contributed by atoms with Gasteiger partial charge in [-0.05, 0) is 19.4 Å². The molecular formula is C17H19F3N6O2S. The molecule has 0 saturated heterocycles. The first-order valence-corrected chi connectivity index (χ1v) is 10.00. The van der Waals surface area contributed by atoms with Crippen LogP contribution in [0.2, 0.25) is 0 Å². The third-order valence-corrected chi connectivity index (χ3v) is 5.13. The second kappa shape index (κ2) is 8.39. The first-order valence-electron chi connectivity index (χ1n) is 9.01. The van der Waals surface area contributed by atoms with Crippen molar-refractivity contribution in [2.75, 3.05) is 0 Å². The molecule has 0 bridgehead atoms. The van der Waals surface area contributed by atoms with Crippen molar-refractivity contribution >= 4 is 22.9 Å². The van der Waals surface area contributed by atoms with Crippen molar-refractivity contribution in [1.82, 2.24) is 29.1 Å². The minimum atomic E-state index is -4.56. The number of imidazole rings is 1. The zero-order chi connectivity index (χ0) is 21.2. The number of nitrogens with one attached hydrogen (secondary N) is 1. The number of rotatable bonds is 7. The van der Waals surface area contributed by atoms with Crippen LogP contribution in [0.3, 0.4) is 0 Å². The highest BCUT2D eigenvalue weighted by atomic mass is 32.2. The second-order valence-corrected chi connectivity index (χ2v) is 7.16. The molecule has 3 aromatic rings. The van der Waals surface area contributed by atoms with Crippen molar-refractivity contribution in [2.45, 2.75) is 56.9 Å². The molecule has 3 rings (SSSR count). The minimum absolute atomic E-state index is 0.0492. The number of H-pyrrole nitrogens is 1. The Morgan fingerprint density at radius 2 is 1.93 bits per heavy atom. The van der Waals surface area contributed by atoms with Crippen molar-refractivity contribution in [2.24, 2.45) is 0 Å². The molecule has 0 saturated carbocycles. The van der Waals surface area contributed by atoms with Gasteiger partial charge in [-0.3, -0.25) is 14.3 Å². The molecule has 0 aliphatic rings. The molecule has 3 aromatic heterocycles. The van der Waals surface area contributed by atoms with Gasteiger partial charge < -0.3 is 4.57 Å². The SMILES string of the molecule is CCCCn1c(=O)[nH]c(=O)c2c1nc(CSc1nccc(C(F)(F)F)n1)n2CC. The molecule has 0 atom stereocenters. The zero-order valence-corrected chi connectivity index (χ0v) is 16.6. The number of halogens is 3. The smallest absolute Gasteiger partial charge is 0.322 e. The van der Waals surface area contributed by atoms with Gasteiger partial charge in [0.25, 0.3) is 5.56 Å². The lowest BCUT2D eigenvalue weighted by Gasteiger charge is -2.07. The highest BCUT2D eigenvalue weighted by molar-refractivity contribution is 7.98. The van der Waals surface area contributed by atoms with E-state index in [2.05, 4.69) is 19.9 Å². The topological polar surface area (TPSA) is 98.5 Å². The highest BCUT2D eigenvalue weighted by Crippen LogP contribution is 2.29. The Kier molecular flexibility index (Phi) is 6.10. The Balaban J connectivity index is 1.99. The van der Waals surface area contributed by atoms with Gasteiger partial charge in [0.2, 0.25) is 0 Å². The molecule has 0 fully saturated rings. The number of alkyl halides is 3. The maximum absolute atomic E-state index is 12.8. The minimum Gasteiger partial charge on any atom is -0.322 e. The summed E-state index contributed by atoms with van der Waals surface area (Å²) in [5, 5.41) is -0.0492. The van der Waals surface area contributed by atoms with E-state index in [4.69, 9.17) is 0 Å². The lowest BCUT2D eigenvalue weighted by atomic mass is 10.3. The van der Waals surface area contributed by atoms with Crippen LogP contribution in [0.5, 0.6) is 0 Å². The summed E-state index contributed by atoms with van der Waals surface area (Å²) < 4.78 is 41.6. The number of unbranched alkanes of at least 4 members (excludes halogenated alkanes) is 1. The van der Waals surface area contributed by atoms with E-state index < -0.39 is 23.1 Å². The van der Waals surface area contributed by atoms with Crippen LogP contribution in [0.1, 0.15) is 38.2 Å². The van der Waals surface area contributed by atoms with Gasteiger partial charge in [0.05, 0.1) is 5.75 Å². The number of hydrogen-bond acceptors (Lipinski definition) is 6. The van der Waals surface area contributed by atoms with Gasteiger partial charge in [-0.15, -0.1) is 0 Å². The predicted octanol–water partition coefficient (Wildman–Crippen LogP) is 2.81. The Hall–Kier alpha value is -2.63. The lowest BCUT2D eigenvalue weighted by molar-refractivity contribution is -0.141. The quantitative estimate of drug-likeness (QED) is 0.459. The van der Waals surface area contributed by atoms with Crippen LogP contribution in [0, 0.1) is 0 Å². The number of nitrogens with zero attached hydrogens (tertiary/aromatic N) is 5. The van der Waals surface area contributed by atoms with E-state index in [0.717, 1.165) is 36.9 Å². The molecule has 0 aliphatic heterocycles. The molecule has 0 radical (unpaired) electrons. The van der Waals surface area contributed by atoms with E-state index >= 15 is 0 Å². The summed E-state index contributed by atoms with van der Waals surface area (Å²) in [6.45, 7) is 4.62. The Labute approximate surface area is 167 Å². The van der Waals surface area contributed by atoms with Gasteiger partial charge in [-0.1, -0.05) is 25.1 Å². The fourth-order valence-electron chi connectivity index (χ4n) is 2.89. The van der Waals surface area contributed by atoms with Gasteiger partial charge in [-0.2, -0.15) is 13.2 Å². The molecule has 3 heterocycles. The highest BCUT2D eigenvalue weighted by Gasteiger charge is 2.32. The number of aromatic nitrogens is 6. The fraction of sp³-hybridized carbons (Fsp3) is 0.471. The van der Waals surface area contributed by atoms with Crippen LogP contribution < -0.4 is 11.2 Å². The Morgan fingerprint density at radius 3 is 2.59 bits per heavy atom. The van der Waals surface area contributed by atoms with Crippen LogP contribution in [0.4, 0.5) is 13.2 Å². The molecule has 0 aromatic carbocycles. The summed E-state index contributed by atoms with van der Waals surface area (Å²) in [5.74, 6) is 0.598. The molecule has 8 nitrogen and oxygen atoms in total. The zero-order valence-electron chi connectivity index (χ0n) is 15.8. The van der Waals surface area contributed by atoms with E-state index in [-0.39, 0.29) is 22.1 Å². The third kappa shape index (κ3) is 4.36. The van der Waals surface area contributed by atoms with E-state index in [1.165, 1.54) is 4.57 Å². The number of fused-ring (bicyclic) bond motifs is 1. The normalized spacial score (nSPS) is 12.0. The van der Waals surface area contributed by atoms with Crippen LogP contribution in [-0.2, 0) is 25.0 Å². The molecule has 29 heavy (non-hydrogen) atoms. The van der Waals surface area contributed by atoms with Crippen molar-refractivity contribution < 1.29 is 13.2 Å². The molecule has 0 unspecified atom stereocenters. The average Bonchev–Trinajstić information content (AvgIpc) is 3.04. The second-order valence-electron chi connectivity index (χ2n) is 6.22. The fourth-order valence-corrected chi connectivity index (χ4v) is 3.67. The lowest BCUT2D eigenvalue weighted by Crippen LogP contribution is -2.31. The predicted molar refractivity (Wildman–Crippen MR) is 102 cm³/mol. The van der Waals surface area contributed by atoms with Crippen molar-refractivity contribution in [1.29, 1.82) is 0 Å². The summed E-state index contributed by atoms with van der Waals surface area (Å²) in [6, 6.07) is 0.803. The summed E-state index contributed by atoms with van der Waals surface area (Å²) in [7, 11) is 0. The summed E-state index contributed by atoms with van der Waals surface area (Å²) in [5.41, 5.74) is -1.56. The standard InChI is InChI=1S/C17H19F3N6O2S/c1-3-5-8-26-13-12(14(27)24-16(26)28)25(4-2)11(23-13)9-29-15-21-7-6-10(22-15)17(18,19)20/h6-7H,3-5,8-9H2,1-2H3,(H,24,27,28). The maximum Gasteiger partial charge on any atom is 0.433 e. The van der Waals surface area contributed by atoms with E-state index in [1.807, 2.05) is 13.8 Å². The monoisotopic (exact) mass is 428 g/mol. The van der Waals surface area contributed by atoms with Crippen molar-refractivity contribution in [3.63, 3.8) is 0 Å². The molecular weight excluding hydrogens is 409 g/mol. The van der Waals surface area contributed by atoms with Crippen molar-refractivity contribution in [3.05, 3.63) is 44.6 Å². The number of aryl methyl sites for hydroxylation is 2. The Bertz CT molecular complexity index is 1130. The molecule has 156 valence electrons. The number of thioether (sulfide) groups is 1. The molecule has 0 spiro atoms. The molecule has 0 amide bonds. The van der Waals surface area contributed by atoms with Crippen LogP contribution in [0.25, 0.3) is 11.2 Å². The van der Waals surface area contributed by atoms with E-state index in [1.54, 1.807) is 4.57 Å². The van der Waals surface area contributed by atoms with Crippen LogP contribution in [0.15, 0.2) is 27.0 Å². The summed E-state index contributed by atoms with van der Waals surface area (Å²) in [4.78, 5) is 38.7. The first-order chi connectivity index (χ1) is 13.8. The first kappa shape index (κ1) is 21.1.